The lowest BCUT2D eigenvalue weighted by atomic mass is 9.80. The number of ether oxygens (including phenoxy) is 2. The van der Waals surface area contributed by atoms with Gasteiger partial charge in [0, 0.05) is 45.5 Å². The molecule has 0 aromatic heterocycles. The molecule has 2 atom stereocenters. The van der Waals surface area contributed by atoms with Crippen LogP contribution in [0.1, 0.15) is 19.3 Å². The molecule has 3 amide bonds. The van der Waals surface area contributed by atoms with Gasteiger partial charge in [-0.15, -0.1) is 0 Å². The molecule has 180 valence electrons. The van der Waals surface area contributed by atoms with Crippen molar-refractivity contribution in [2.75, 3.05) is 57.9 Å². The molecule has 3 fully saturated rings. The summed E-state index contributed by atoms with van der Waals surface area (Å²) in [5.74, 6) is -1.76. The van der Waals surface area contributed by atoms with Crippen LogP contribution in [0.4, 0.5) is 10.5 Å². The van der Waals surface area contributed by atoms with Crippen LogP contribution in [-0.2, 0) is 19.1 Å². The maximum Gasteiger partial charge on any atom is 0.410 e. The zero-order chi connectivity index (χ0) is 23.4. The molecule has 4 rings (SSSR count). The summed E-state index contributed by atoms with van der Waals surface area (Å²) in [4.78, 5) is 44.6. The van der Waals surface area contributed by atoms with Gasteiger partial charge >= 0.3 is 6.09 Å². The monoisotopic (exact) mass is 460 g/mol. The van der Waals surface area contributed by atoms with Crippen LogP contribution < -0.4 is 10.4 Å². The third-order valence-corrected chi connectivity index (χ3v) is 6.99. The molecule has 33 heavy (non-hydrogen) atoms. The zero-order valence-corrected chi connectivity index (χ0v) is 18.9. The molecular weight excluding hydrogens is 428 g/mol. The van der Waals surface area contributed by atoms with Crippen LogP contribution in [0.15, 0.2) is 30.3 Å². The molecule has 1 spiro atoms. The first-order valence-corrected chi connectivity index (χ1v) is 11.4. The van der Waals surface area contributed by atoms with Crippen LogP contribution in [0.5, 0.6) is 0 Å². The summed E-state index contributed by atoms with van der Waals surface area (Å²) >= 11 is 0. The highest BCUT2D eigenvalue weighted by Crippen LogP contribution is 2.55. The van der Waals surface area contributed by atoms with Gasteiger partial charge in [-0.25, -0.2) is 10.3 Å². The van der Waals surface area contributed by atoms with E-state index in [0.29, 0.717) is 39.1 Å². The molecule has 2 aliphatic heterocycles. The number of nitrogens with zero attached hydrogens (tertiary/aromatic N) is 3. The lowest BCUT2D eigenvalue weighted by Crippen LogP contribution is -2.63. The molecule has 10 nitrogen and oxygen atoms in total. The lowest BCUT2D eigenvalue weighted by Gasteiger charge is -2.45. The van der Waals surface area contributed by atoms with Crippen LogP contribution >= 0.6 is 0 Å². The van der Waals surface area contributed by atoms with Crippen molar-refractivity contribution in [3.63, 3.8) is 0 Å². The second kappa shape index (κ2) is 9.96. The number of carbonyl (C=O) groups excluding carboxylic acids is 3. The first kappa shape index (κ1) is 23.3. The van der Waals surface area contributed by atoms with Gasteiger partial charge in [-0.1, -0.05) is 18.2 Å². The normalized spacial score (nSPS) is 23.9. The van der Waals surface area contributed by atoms with Gasteiger partial charge in [0.1, 0.15) is 12.6 Å². The molecule has 1 saturated carbocycles. The van der Waals surface area contributed by atoms with Crippen molar-refractivity contribution in [3.05, 3.63) is 30.3 Å². The van der Waals surface area contributed by atoms with Crippen molar-refractivity contribution in [1.29, 1.82) is 0 Å². The van der Waals surface area contributed by atoms with Gasteiger partial charge in [-0.2, -0.15) is 0 Å². The van der Waals surface area contributed by atoms with Gasteiger partial charge in [0.25, 0.3) is 0 Å². The predicted molar refractivity (Wildman–Crippen MR) is 119 cm³/mol. The summed E-state index contributed by atoms with van der Waals surface area (Å²) in [6.45, 7) is 2.94. The second-order valence-corrected chi connectivity index (χ2v) is 9.11. The van der Waals surface area contributed by atoms with Crippen LogP contribution in [0, 0.1) is 11.3 Å². The Morgan fingerprint density at radius 1 is 1.09 bits per heavy atom. The first-order valence-electron chi connectivity index (χ1n) is 11.4. The minimum Gasteiger partial charge on any atom is -0.447 e. The van der Waals surface area contributed by atoms with Crippen molar-refractivity contribution >= 4 is 23.6 Å². The Hall–Kier alpha value is -2.85. The average Bonchev–Trinajstić information content (AvgIpc) is 3.61. The Balaban J connectivity index is 1.51. The van der Waals surface area contributed by atoms with Crippen LogP contribution in [0.2, 0.25) is 0 Å². The topological polar surface area (TPSA) is 112 Å². The van der Waals surface area contributed by atoms with Crippen LogP contribution in [0.3, 0.4) is 0 Å². The smallest absolute Gasteiger partial charge is 0.410 e. The average molecular weight is 461 g/mol. The number of hydrogen-bond donors (Lipinski definition) is 2. The van der Waals surface area contributed by atoms with Crippen LogP contribution in [-0.4, -0.2) is 92.0 Å². The fourth-order valence-corrected chi connectivity index (χ4v) is 4.97. The van der Waals surface area contributed by atoms with Gasteiger partial charge < -0.3 is 19.3 Å². The molecule has 1 aromatic carbocycles. The van der Waals surface area contributed by atoms with E-state index in [4.69, 9.17) is 9.47 Å². The van der Waals surface area contributed by atoms with Gasteiger partial charge in [0.05, 0.1) is 12.5 Å². The van der Waals surface area contributed by atoms with Crippen LogP contribution in [0.25, 0.3) is 0 Å². The molecule has 1 aliphatic carbocycles. The van der Waals surface area contributed by atoms with E-state index in [0.717, 1.165) is 18.5 Å². The number of likely N-dealkylation sites (tertiary alicyclic amines) is 1. The molecule has 0 bridgehead atoms. The number of piperidine rings is 1. The Bertz CT molecular complexity index is 854. The molecule has 2 saturated heterocycles. The quantitative estimate of drug-likeness (QED) is 0.371. The van der Waals surface area contributed by atoms with Crippen molar-refractivity contribution in [3.8, 4) is 0 Å². The van der Waals surface area contributed by atoms with E-state index in [1.165, 1.54) is 12.0 Å². The molecule has 2 N–H and O–H groups in total. The van der Waals surface area contributed by atoms with E-state index in [9.17, 15) is 19.6 Å². The number of benzene rings is 1. The molecular formula is C23H32N4O6. The second-order valence-electron chi connectivity index (χ2n) is 9.11. The number of carbonyl (C=O) groups is 3. The van der Waals surface area contributed by atoms with E-state index in [1.807, 2.05) is 30.3 Å². The number of methoxy groups -OCH3 is 1. The molecule has 3 aliphatic rings. The molecule has 10 heteroatoms. The van der Waals surface area contributed by atoms with Gasteiger partial charge in [-0.05, 0) is 36.8 Å². The first-order chi connectivity index (χ1) is 16.0. The summed E-state index contributed by atoms with van der Waals surface area (Å²) in [6.07, 6.45) is 1.58. The Morgan fingerprint density at radius 3 is 2.39 bits per heavy atom. The third-order valence-electron chi connectivity index (χ3n) is 6.99. The highest BCUT2D eigenvalue weighted by atomic mass is 16.6. The van der Waals surface area contributed by atoms with E-state index in [1.54, 1.807) is 10.4 Å². The SMILES string of the molecule is COCCOC(=O)N1CC2(CC2)CC(C(=O)NO)C1C(=O)N1CCN(c2ccccc2)CC1. The Kier molecular flexibility index (Phi) is 7.04. The lowest BCUT2D eigenvalue weighted by molar-refractivity contribution is -0.150. The maximum atomic E-state index is 13.7. The number of hydrogen-bond acceptors (Lipinski definition) is 7. The number of para-hydroxylation sites is 1. The standard InChI is InChI=1S/C23H32N4O6/c1-32-13-14-33-22(30)27-16-23(7-8-23)15-18(20(28)24-31)19(27)21(29)26-11-9-25(10-12-26)17-5-3-2-4-6-17/h2-6,18-19,31H,7-16H2,1H3,(H,24,28). The van der Waals surface area contributed by atoms with Gasteiger partial charge in [0.15, 0.2) is 0 Å². The maximum absolute atomic E-state index is 13.7. The fraction of sp³-hybridized carbons (Fsp3) is 0.609. The number of hydroxylamine groups is 1. The molecule has 2 unspecified atom stereocenters. The van der Waals surface area contributed by atoms with E-state index in [2.05, 4.69) is 4.90 Å². The van der Waals surface area contributed by atoms with E-state index in [-0.39, 0.29) is 24.5 Å². The Morgan fingerprint density at radius 2 is 1.79 bits per heavy atom. The van der Waals surface area contributed by atoms with Crippen molar-refractivity contribution in [2.45, 2.75) is 25.3 Å². The summed E-state index contributed by atoms with van der Waals surface area (Å²) in [6, 6.07) is 8.98. The number of rotatable bonds is 6. The molecule has 2 heterocycles. The largest absolute Gasteiger partial charge is 0.447 e. The summed E-state index contributed by atoms with van der Waals surface area (Å²) in [7, 11) is 1.51. The molecule has 1 aromatic rings. The van der Waals surface area contributed by atoms with Crippen molar-refractivity contribution in [1.82, 2.24) is 15.3 Å². The summed E-state index contributed by atoms with van der Waals surface area (Å²) in [5, 5.41) is 9.36. The minimum atomic E-state index is -1.01. The number of amides is 3. The fourth-order valence-electron chi connectivity index (χ4n) is 4.97. The zero-order valence-electron chi connectivity index (χ0n) is 18.9. The number of anilines is 1. The number of piperazine rings is 1. The van der Waals surface area contributed by atoms with Gasteiger partial charge in [0.2, 0.25) is 11.8 Å². The van der Waals surface area contributed by atoms with E-state index < -0.39 is 24.0 Å². The van der Waals surface area contributed by atoms with E-state index >= 15 is 0 Å². The highest BCUT2D eigenvalue weighted by molar-refractivity contribution is 5.93. The summed E-state index contributed by atoms with van der Waals surface area (Å²) < 4.78 is 10.3. The molecule has 0 radical (unpaired) electrons. The van der Waals surface area contributed by atoms with Crippen molar-refractivity contribution in [2.24, 2.45) is 11.3 Å². The highest BCUT2D eigenvalue weighted by Gasteiger charge is 2.57. The van der Waals surface area contributed by atoms with Crippen molar-refractivity contribution < 1.29 is 29.1 Å². The Labute approximate surface area is 193 Å². The number of nitrogens with one attached hydrogen (secondary N) is 1. The minimum absolute atomic E-state index is 0.0619. The van der Waals surface area contributed by atoms with Gasteiger partial charge in [-0.3, -0.25) is 19.7 Å². The summed E-state index contributed by atoms with van der Waals surface area (Å²) in [5.41, 5.74) is 2.61. The third kappa shape index (κ3) is 5.06. The predicted octanol–water partition coefficient (Wildman–Crippen LogP) is 1.09.